The van der Waals surface area contributed by atoms with Crippen molar-refractivity contribution in [2.24, 2.45) is 0 Å². The molecule has 0 radical (unpaired) electrons. The van der Waals surface area contributed by atoms with Crippen molar-refractivity contribution in [3.8, 4) is 5.75 Å². The van der Waals surface area contributed by atoms with E-state index < -0.39 is 16.8 Å². The van der Waals surface area contributed by atoms with Crippen LogP contribution < -0.4 is 9.64 Å². The third-order valence-corrected chi connectivity index (χ3v) is 5.01. The summed E-state index contributed by atoms with van der Waals surface area (Å²) in [5.41, 5.74) is 1.23. The molecule has 32 heavy (non-hydrogen) atoms. The molecule has 2 aromatic carbocycles. The van der Waals surface area contributed by atoms with E-state index in [2.05, 4.69) is 0 Å². The van der Waals surface area contributed by atoms with Gasteiger partial charge < -0.3 is 9.47 Å². The van der Waals surface area contributed by atoms with Gasteiger partial charge in [-0.15, -0.1) is 0 Å². The van der Waals surface area contributed by atoms with Gasteiger partial charge in [-0.05, 0) is 43.7 Å². The fraction of sp³-hybridized carbons (Fsp3) is 0.174. The molecule has 0 fully saturated rings. The molecule has 9 nitrogen and oxygen atoms in total. The lowest BCUT2D eigenvalue weighted by molar-refractivity contribution is -0.385. The topological polar surface area (TPSA) is 116 Å². The van der Waals surface area contributed by atoms with Gasteiger partial charge in [0, 0.05) is 23.0 Å². The van der Waals surface area contributed by atoms with Gasteiger partial charge in [0.1, 0.15) is 0 Å². The third-order valence-electron chi connectivity index (χ3n) is 5.01. The Labute approximate surface area is 183 Å². The van der Waals surface area contributed by atoms with Crippen LogP contribution in [0, 0.1) is 10.1 Å². The maximum atomic E-state index is 13.3. The zero-order valence-corrected chi connectivity index (χ0v) is 17.9. The summed E-state index contributed by atoms with van der Waals surface area (Å²) in [6.07, 6.45) is 1.39. The average Bonchev–Trinajstić information content (AvgIpc) is 3.02. The number of nitro benzene ring substituents is 1. The minimum absolute atomic E-state index is 0.0158. The molecule has 0 bridgehead atoms. The second-order valence-electron chi connectivity index (χ2n) is 6.95. The first kappa shape index (κ1) is 22.4. The van der Waals surface area contributed by atoms with Gasteiger partial charge in [0.2, 0.25) is 0 Å². The van der Waals surface area contributed by atoms with Gasteiger partial charge in [-0.1, -0.05) is 18.2 Å². The molecular weight excluding hydrogens is 416 g/mol. The summed E-state index contributed by atoms with van der Waals surface area (Å²) in [5.74, 6) is -1.36. The maximum absolute atomic E-state index is 13.3. The first-order valence-corrected chi connectivity index (χ1v) is 9.48. The van der Waals surface area contributed by atoms with Crippen LogP contribution in [-0.4, -0.2) is 36.8 Å². The second-order valence-corrected chi connectivity index (χ2v) is 6.95. The van der Waals surface area contributed by atoms with Crippen LogP contribution in [0.25, 0.3) is 6.08 Å². The van der Waals surface area contributed by atoms with Crippen LogP contribution in [0.2, 0.25) is 0 Å². The Morgan fingerprint density at radius 2 is 1.84 bits per heavy atom. The van der Waals surface area contributed by atoms with Crippen LogP contribution in [0.3, 0.4) is 0 Å². The summed E-state index contributed by atoms with van der Waals surface area (Å²) in [6, 6.07) is 10.7. The lowest BCUT2D eigenvalue weighted by atomic mass is 10.0. The lowest BCUT2D eigenvalue weighted by Gasteiger charge is -2.18. The van der Waals surface area contributed by atoms with Crippen LogP contribution in [0.5, 0.6) is 5.75 Å². The van der Waals surface area contributed by atoms with Crippen molar-refractivity contribution in [3.05, 3.63) is 80.5 Å². The minimum Gasteiger partial charge on any atom is -0.490 e. The number of carbonyl (C=O) groups is 3. The Balaban J connectivity index is 2.16. The molecule has 0 aliphatic carbocycles. The fourth-order valence-electron chi connectivity index (χ4n) is 3.46. The second kappa shape index (κ2) is 8.84. The van der Waals surface area contributed by atoms with Gasteiger partial charge in [0.25, 0.3) is 5.91 Å². The molecule has 1 aliphatic heterocycles. The summed E-state index contributed by atoms with van der Waals surface area (Å²) in [6.45, 7) is 3.00. The van der Waals surface area contributed by atoms with Gasteiger partial charge in [-0.25, -0.2) is 4.79 Å². The smallest absolute Gasteiger partial charge is 0.340 e. The number of nitrogens with zero attached hydrogens (tertiary/aromatic N) is 2. The number of hydrogen-bond acceptors (Lipinski definition) is 7. The average molecular weight is 436 g/mol. The molecule has 0 N–H and O–H groups in total. The lowest BCUT2D eigenvalue weighted by Crippen LogP contribution is -2.24. The normalized spacial score (nSPS) is 14.7. The Hall–Kier alpha value is -4.27. The highest BCUT2D eigenvalue weighted by atomic mass is 16.6. The first-order valence-electron chi connectivity index (χ1n) is 9.48. The molecule has 0 saturated heterocycles. The summed E-state index contributed by atoms with van der Waals surface area (Å²) in [4.78, 5) is 49.7. The third kappa shape index (κ3) is 4.00. The summed E-state index contributed by atoms with van der Waals surface area (Å²) >= 11 is 0. The molecule has 164 valence electrons. The standard InChI is InChI=1S/C23H20N2O7/c1-13-21(23(28)32-4)18(10-15-8-9-20(31-3)19(11-15)25(29)30)22(27)24(13)17-7-5-6-16(12-17)14(2)26/h5-12H,1-4H3/b18-10-. The van der Waals surface area contributed by atoms with Crippen LogP contribution >= 0.6 is 0 Å². The van der Waals surface area contributed by atoms with E-state index in [1.165, 1.54) is 50.3 Å². The zero-order valence-electron chi connectivity index (χ0n) is 17.9. The molecule has 0 saturated carbocycles. The number of ketones is 1. The molecule has 1 amide bonds. The quantitative estimate of drug-likeness (QED) is 0.223. The molecule has 0 aromatic heterocycles. The number of carbonyl (C=O) groups excluding carboxylic acids is 3. The van der Waals surface area contributed by atoms with Crippen LogP contribution in [-0.2, 0) is 14.3 Å². The monoisotopic (exact) mass is 436 g/mol. The van der Waals surface area contributed by atoms with Gasteiger partial charge >= 0.3 is 11.7 Å². The highest BCUT2D eigenvalue weighted by Crippen LogP contribution is 2.36. The molecule has 0 atom stereocenters. The van der Waals surface area contributed by atoms with Gasteiger partial charge in [-0.3, -0.25) is 24.6 Å². The van der Waals surface area contributed by atoms with Gasteiger partial charge in [0.05, 0.1) is 30.3 Å². The van der Waals surface area contributed by atoms with E-state index in [0.717, 1.165) is 0 Å². The first-order chi connectivity index (χ1) is 15.2. The van der Waals surface area contributed by atoms with E-state index in [0.29, 0.717) is 22.5 Å². The van der Waals surface area contributed by atoms with Crippen LogP contribution in [0.4, 0.5) is 11.4 Å². The minimum atomic E-state index is -0.727. The number of rotatable bonds is 6. The van der Waals surface area contributed by atoms with E-state index >= 15 is 0 Å². The molecule has 3 rings (SSSR count). The van der Waals surface area contributed by atoms with Gasteiger partial charge in [-0.2, -0.15) is 0 Å². The predicted octanol–water partition coefficient (Wildman–Crippen LogP) is 3.68. The summed E-state index contributed by atoms with van der Waals surface area (Å²) in [5, 5.41) is 11.3. The Morgan fingerprint density at radius 1 is 1.12 bits per heavy atom. The Kier molecular flexibility index (Phi) is 6.20. The van der Waals surface area contributed by atoms with Crippen molar-refractivity contribution in [2.75, 3.05) is 19.1 Å². The van der Waals surface area contributed by atoms with E-state index in [9.17, 15) is 24.5 Å². The van der Waals surface area contributed by atoms with Crippen molar-refractivity contribution in [1.29, 1.82) is 0 Å². The summed E-state index contributed by atoms with van der Waals surface area (Å²) in [7, 11) is 2.51. The number of Topliss-reactive ketones (excluding diaryl/α,β-unsaturated/α-hetero) is 1. The number of allylic oxidation sites excluding steroid dienone is 1. The number of amides is 1. The molecular formula is C23H20N2O7. The van der Waals surface area contributed by atoms with Crippen molar-refractivity contribution in [2.45, 2.75) is 13.8 Å². The number of methoxy groups -OCH3 is 2. The van der Waals surface area contributed by atoms with E-state index in [1.807, 2.05) is 0 Å². The van der Waals surface area contributed by atoms with E-state index in [4.69, 9.17) is 9.47 Å². The fourth-order valence-corrected chi connectivity index (χ4v) is 3.46. The largest absolute Gasteiger partial charge is 0.490 e. The predicted molar refractivity (Wildman–Crippen MR) is 116 cm³/mol. The zero-order chi connectivity index (χ0) is 23.6. The molecule has 2 aromatic rings. The number of hydrogen-bond donors (Lipinski definition) is 0. The number of nitro groups is 1. The van der Waals surface area contributed by atoms with E-state index in [-0.39, 0.29) is 28.4 Å². The number of benzene rings is 2. The number of anilines is 1. The number of esters is 1. The maximum Gasteiger partial charge on any atom is 0.340 e. The molecule has 9 heteroatoms. The Bertz CT molecular complexity index is 1210. The molecule has 1 aliphatic rings. The molecule has 0 unspecified atom stereocenters. The van der Waals surface area contributed by atoms with Crippen molar-refractivity contribution in [3.63, 3.8) is 0 Å². The van der Waals surface area contributed by atoms with Crippen LogP contribution in [0.1, 0.15) is 29.8 Å². The van der Waals surface area contributed by atoms with Crippen molar-refractivity contribution in [1.82, 2.24) is 0 Å². The van der Waals surface area contributed by atoms with Crippen LogP contribution in [0.15, 0.2) is 59.3 Å². The van der Waals surface area contributed by atoms with Crippen molar-refractivity contribution < 1.29 is 28.8 Å². The summed E-state index contributed by atoms with van der Waals surface area (Å²) < 4.78 is 9.87. The van der Waals surface area contributed by atoms with E-state index in [1.54, 1.807) is 31.2 Å². The highest BCUT2D eigenvalue weighted by molar-refractivity contribution is 6.24. The highest BCUT2D eigenvalue weighted by Gasteiger charge is 2.38. The SMILES string of the molecule is COC(=O)C1=C(C)N(c2cccc(C(C)=O)c2)C(=O)/C1=C\c1ccc(OC)c([N+](=O)[O-])c1. The van der Waals surface area contributed by atoms with Gasteiger partial charge in [0.15, 0.2) is 11.5 Å². The Morgan fingerprint density at radius 3 is 2.44 bits per heavy atom. The van der Waals surface area contributed by atoms with Crippen molar-refractivity contribution >= 4 is 35.1 Å². The molecule has 1 heterocycles. The molecule has 0 spiro atoms. The number of ether oxygens (including phenoxy) is 2.